The number of piperidine rings is 1. The topological polar surface area (TPSA) is 71.4 Å². The first-order chi connectivity index (χ1) is 14.4. The van der Waals surface area contributed by atoms with Gasteiger partial charge in [0.1, 0.15) is 6.54 Å². The molecule has 1 aliphatic rings. The highest BCUT2D eigenvalue weighted by atomic mass is 32.2. The summed E-state index contributed by atoms with van der Waals surface area (Å²) in [5.41, 5.74) is 0.856. The van der Waals surface area contributed by atoms with Crippen molar-refractivity contribution in [2.24, 2.45) is 5.92 Å². The van der Waals surface area contributed by atoms with E-state index >= 15 is 0 Å². The van der Waals surface area contributed by atoms with Gasteiger partial charge in [-0.15, -0.1) is 11.3 Å². The molecule has 0 spiro atoms. The molecule has 2 aromatic heterocycles. The molecule has 3 heterocycles. The van der Waals surface area contributed by atoms with Crippen LogP contribution in [0, 0.1) is 5.92 Å². The van der Waals surface area contributed by atoms with E-state index in [0.29, 0.717) is 30.4 Å². The number of hydrogen-bond acceptors (Lipinski definition) is 4. The molecule has 3 aromatic rings. The van der Waals surface area contributed by atoms with Crippen molar-refractivity contribution >= 4 is 38.2 Å². The summed E-state index contributed by atoms with van der Waals surface area (Å²) in [4.78, 5) is 13.9. The van der Waals surface area contributed by atoms with Gasteiger partial charge in [-0.25, -0.2) is 8.42 Å². The Labute approximate surface area is 181 Å². The molecule has 4 rings (SSSR count). The second-order valence-electron chi connectivity index (χ2n) is 7.93. The van der Waals surface area contributed by atoms with Crippen LogP contribution in [0.3, 0.4) is 0 Å². The van der Waals surface area contributed by atoms with Crippen molar-refractivity contribution in [1.82, 2.24) is 14.2 Å². The Morgan fingerprint density at radius 3 is 2.73 bits per heavy atom. The third kappa shape index (κ3) is 4.61. The van der Waals surface area contributed by atoms with Crippen molar-refractivity contribution in [2.75, 3.05) is 19.6 Å². The van der Waals surface area contributed by atoms with Gasteiger partial charge in [0.05, 0.1) is 4.90 Å². The van der Waals surface area contributed by atoms with E-state index in [0.717, 1.165) is 30.2 Å². The number of nitrogens with one attached hydrogen (secondary N) is 1. The van der Waals surface area contributed by atoms with Crippen molar-refractivity contribution < 1.29 is 13.2 Å². The lowest BCUT2D eigenvalue weighted by molar-refractivity contribution is -0.121. The SMILES string of the molecule is CC1CCN(S(=O)(=O)c2ccc3c(ccn3CC(=O)NCCc3cccs3)c2)CC1. The molecule has 6 nitrogen and oxygen atoms in total. The number of carbonyl (C=O) groups is 1. The maximum atomic E-state index is 13.0. The Bertz CT molecular complexity index is 1110. The number of nitrogens with zero attached hydrogens (tertiary/aromatic N) is 2. The minimum atomic E-state index is -3.48. The number of fused-ring (bicyclic) bond motifs is 1. The summed E-state index contributed by atoms with van der Waals surface area (Å²) in [5, 5.41) is 5.81. The van der Waals surface area contributed by atoms with Crippen LogP contribution in [-0.4, -0.2) is 42.8 Å². The number of benzene rings is 1. The standard InChI is InChI=1S/C22H27N3O3S2/c1-17-7-12-25(13-8-17)30(27,28)20-4-5-21-18(15-20)9-11-24(21)16-22(26)23-10-6-19-3-2-14-29-19/h2-5,9,11,14-15,17H,6-8,10,12-13,16H2,1H3,(H,23,26). The lowest BCUT2D eigenvalue weighted by Crippen LogP contribution is -2.37. The predicted molar refractivity (Wildman–Crippen MR) is 120 cm³/mol. The zero-order valence-corrected chi connectivity index (χ0v) is 18.7. The van der Waals surface area contributed by atoms with Gasteiger partial charge in [-0.2, -0.15) is 4.31 Å². The number of amides is 1. The summed E-state index contributed by atoms with van der Waals surface area (Å²) in [5.74, 6) is 0.521. The third-order valence-electron chi connectivity index (χ3n) is 5.71. The largest absolute Gasteiger partial charge is 0.354 e. The molecule has 8 heteroatoms. The van der Waals surface area contributed by atoms with Crippen LogP contribution in [-0.2, 0) is 27.8 Å². The highest BCUT2D eigenvalue weighted by molar-refractivity contribution is 7.89. The fourth-order valence-corrected chi connectivity index (χ4v) is 6.06. The summed E-state index contributed by atoms with van der Waals surface area (Å²) in [7, 11) is -3.48. The number of thiophene rings is 1. The molecule has 1 fully saturated rings. The molecule has 0 bridgehead atoms. The first-order valence-corrected chi connectivity index (χ1v) is 12.6. The molecular weight excluding hydrogens is 418 g/mol. The zero-order chi connectivity index (χ0) is 21.1. The lowest BCUT2D eigenvalue weighted by Gasteiger charge is -2.29. The molecule has 1 aromatic carbocycles. The number of aromatic nitrogens is 1. The second kappa shape index (κ2) is 8.91. The highest BCUT2D eigenvalue weighted by Crippen LogP contribution is 2.26. The maximum Gasteiger partial charge on any atom is 0.243 e. The fraction of sp³-hybridized carbons (Fsp3) is 0.409. The summed E-state index contributed by atoms with van der Waals surface area (Å²) in [6, 6.07) is 11.1. The first-order valence-electron chi connectivity index (χ1n) is 10.3. The van der Waals surface area contributed by atoms with Gasteiger partial charge in [0.2, 0.25) is 15.9 Å². The Balaban J connectivity index is 1.42. The predicted octanol–water partition coefficient (Wildman–Crippen LogP) is 3.48. The van der Waals surface area contributed by atoms with Gasteiger partial charge >= 0.3 is 0 Å². The minimum Gasteiger partial charge on any atom is -0.354 e. The van der Waals surface area contributed by atoms with E-state index in [1.165, 1.54) is 4.88 Å². The first kappa shape index (κ1) is 21.1. The normalized spacial score (nSPS) is 16.2. The minimum absolute atomic E-state index is 0.0526. The van der Waals surface area contributed by atoms with Crippen LogP contribution in [0.4, 0.5) is 0 Å². The van der Waals surface area contributed by atoms with Crippen molar-refractivity contribution in [3.63, 3.8) is 0 Å². The molecule has 0 saturated carbocycles. The van der Waals surface area contributed by atoms with E-state index < -0.39 is 10.0 Å². The molecule has 1 N–H and O–H groups in total. The molecule has 160 valence electrons. The van der Waals surface area contributed by atoms with E-state index in [9.17, 15) is 13.2 Å². The Morgan fingerprint density at radius 1 is 1.20 bits per heavy atom. The number of sulfonamides is 1. The molecule has 1 saturated heterocycles. The molecule has 1 aliphatic heterocycles. The molecule has 0 unspecified atom stereocenters. The van der Waals surface area contributed by atoms with E-state index in [2.05, 4.69) is 18.3 Å². The Hall–Kier alpha value is -2.16. The summed E-state index contributed by atoms with van der Waals surface area (Å²) in [6.45, 7) is 4.14. The Morgan fingerprint density at radius 2 is 2.00 bits per heavy atom. The summed E-state index contributed by atoms with van der Waals surface area (Å²) >= 11 is 1.69. The average molecular weight is 446 g/mol. The van der Waals surface area contributed by atoms with Crippen LogP contribution >= 0.6 is 11.3 Å². The van der Waals surface area contributed by atoms with E-state index in [1.54, 1.807) is 33.8 Å². The van der Waals surface area contributed by atoms with Crippen LogP contribution in [0.15, 0.2) is 52.9 Å². The van der Waals surface area contributed by atoms with Gasteiger partial charge < -0.3 is 9.88 Å². The van der Waals surface area contributed by atoms with Gasteiger partial charge in [0.15, 0.2) is 0 Å². The molecule has 0 atom stereocenters. The molecule has 0 aliphatic carbocycles. The quantitative estimate of drug-likeness (QED) is 0.605. The molecule has 30 heavy (non-hydrogen) atoms. The van der Waals surface area contributed by atoms with E-state index in [-0.39, 0.29) is 12.5 Å². The van der Waals surface area contributed by atoms with Crippen molar-refractivity contribution in [2.45, 2.75) is 37.6 Å². The van der Waals surface area contributed by atoms with Crippen molar-refractivity contribution in [1.29, 1.82) is 0 Å². The third-order valence-corrected chi connectivity index (χ3v) is 8.54. The van der Waals surface area contributed by atoms with Crippen molar-refractivity contribution in [3.8, 4) is 0 Å². The zero-order valence-electron chi connectivity index (χ0n) is 17.1. The molecule has 0 radical (unpaired) electrons. The van der Waals surface area contributed by atoms with Gasteiger partial charge in [-0.3, -0.25) is 4.79 Å². The number of hydrogen-bond donors (Lipinski definition) is 1. The van der Waals surface area contributed by atoms with Crippen LogP contribution in [0.1, 0.15) is 24.6 Å². The van der Waals surface area contributed by atoms with Gasteiger partial charge in [0, 0.05) is 41.6 Å². The lowest BCUT2D eigenvalue weighted by atomic mass is 10.0. The number of rotatable bonds is 7. The fourth-order valence-electron chi connectivity index (χ4n) is 3.84. The van der Waals surface area contributed by atoms with E-state index in [4.69, 9.17) is 0 Å². The average Bonchev–Trinajstić information content (AvgIpc) is 3.38. The Kier molecular flexibility index (Phi) is 6.26. The molecule has 1 amide bonds. The van der Waals surface area contributed by atoms with Crippen molar-refractivity contribution in [3.05, 3.63) is 52.9 Å². The van der Waals surface area contributed by atoms with Crippen LogP contribution in [0.25, 0.3) is 10.9 Å². The van der Waals surface area contributed by atoms with Crippen LogP contribution in [0.2, 0.25) is 0 Å². The van der Waals surface area contributed by atoms with Crippen LogP contribution in [0.5, 0.6) is 0 Å². The highest BCUT2D eigenvalue weighted by Gasteiger charge is 2.28. The summed E-state index contributed by atoms with van der Waals surface area (Å²) in [6.07, 6.45) is 4.47. The molecular formula is C22H27N3O3S2. The van der Waals surface area contributed by atoms with E-state index in [1.807, 2.05) is 28.3 Å². The van der Waals surface area contributed by atoms with Crippen LogP contribution < -0.4 is 5.32 Å². The monoisotopic (exact) mass is 445 g/mol. The van der Waals surface area contributed by atoms with Gasteiger partial charge in [-0.05, 0) is 60.9 Å². The van der Waals surface area contributed by atoms with Gasteiger partial charge in [0.25, 0.3) is 0 Å². The smallest absolute Gasteiger partial charge is 0.243 e. The number of carbonyl (C=O) groups excluding carboxylic acids is 1. The summed E-state index contributed by atoms with van der Waals surface area (Å²) < 4.78 is 29.4. The second-order valence-corrected chi connectivity index (χ2v) is 10.9. The maximum absolute atomic E-state index is 13.0. The van der Waals surface area contributed by atoms with Gasteiger partial charge in [-0.1, -0.05) is 13.0 Å².